The summed E-state index contributed by atoms with van der Waals surface area (Å²) in [5.74, 6) is -2.37. The van der Waals surface area contributed by atoms with E-state index in [1.807, 2.05) is 20.8 Å². The summed E-state index contributed by atoms with van der Waals surface area (Å²) in [4.78, 5) is 23.2. The monoisotopic (exact) mass is 298 g/mol. The van der Waals surface area contributed by atoms with Crippen molar-refractivity contribution in [3.8, 4) is 0 Å². The van der Waals surface area contributed by atoms with Gasteiger partial charge in [-0.3, -0.25) is 9.59 Å². The van der Waals surface area contributed by atoms with Gasteiger partial charge in [-0.25, -0.2) is 8.78 Å². The Morgan fingerprint density at radius 1 is 1.19 bits per heavy atom. The summed E-state index contributed by atoms with van der Waals surface area (Å²) in [7, 11) is 0. The number of carbonyl (C=O) groups is 2. The molecule has 1 aromatic carbocycles. The van der Waals surface area contributed by atoms with Crippen LogP contribution >= 0.6 is 0 Å². The largest absolute Gasteiger partial charge is 0.352 e. The molecule has 0 unspecified atom stereocenters. The zero-order valence-corrected chi connectivity index (χ0v) is 12.4. The molecule has 0 spiro atoms. The number of amides is 2. The molecule has 4 nitrogen and oxygen atoms in total. The van der Waals surface area contributed by atoms with Crippen LogP contribution in [0.1, 0.15) is 44.0 Å². The molecule has 0 saturated heterocycles. The fraction of sp³-hybridized carbons (Fsp3) is 0.467. The molecule has 0 heterocycles. The molecule has 0 aliphatic rings. The molecule has 0 saturated carbocycles. The average molecular weight is 298 g/mol. The lowest BCUT2D eigenvalue weighted by Gasteiger charge is -2.20. The van der Waals surface area contributed by atoms with E-state index < -0.39 is 17.5 Å². The third-order valence-electron chi connectivity index (χ3n) is 2.56. The zero-order valence-electron chi connectivity index (χ0n) is 12.4. The molecule has 2 N–H and O–H groups in total. The van der Waals surface area contributed by atoms with E-state index in [9.17, 15) is 18.4 Å². The van der Waals surface area contributed by atoms with E-state index in [1.165, 1.54) is 0 Å². The molecule has 0 radical (unpaired) electrons. The number of carbonyl (C=O) groups excluding carboxylic acids is 2. The van der Waals surface area contributed by atoms with Gasteiger partial charge in [0.05, 0.1) is 5.56 Å². The van der Waals surface area contributed by atoms with Crippen LogP contribution in [0.4, 0.5) is 8.78 Å². The summed E-state index contributed by atoms with van der Waals surface area (Å²) in [5, 5.41) is 5.30. The molecular weight excluding hydrogens is 278 g/mol. The standard InChI is InChI=1S/C15H20F2N2O2/c1-15(2,3)19-13(20)5-4-8-18-14(21)11-7-6-10(16)9-12(11)17/h6-7,9H,4-5,8H2,1-3H3,(H,18,21)(H,19,20). The van der Waals surface area contributed by atoms with Gasteiger partial charge in [0, 0.05) is 24.6 Å². The second-order valence-corrected chi connectivity index (χ2v) is 5.78. The minimum atomic E-state index is -0.905. The Balaban J connectivity index is 2.36. The van der Waals surface area contributed by atoms with Crippen LogP contribution in [0.15, 0.2) is 18.2 Å². The van der Waals surface area contributed by atoms with Gasteiger partial charge in [0.25, 0.3) is 5.91 Å². The van der Waals surface area contributed by atoms with E-state index in [1.54, 1.807) is 0 Å². The van der Waals surface area contributed by atoms with Crippen molar-refractivity contribution < 1.29 is 18.4 Å². The molecule has 0 fully saturated rings. The van der Waals surface area contributed by atoms with Gasteiger partial charge in [-0.05, 0) is 39.3 Å². The highest BCUT2D eigenvalue weighted by atomic mass is 19.1. The van der Waals surface area contributed by atoms with Crippen LogP contribution in [-0.2, 0) is 4.79 Å². The van der Waals surface area contributed by atoms with Gasteiger partial charge in [-0.1, -0.05) is 0 Å². The number of benzene rings is 1. The fourth-order valence-electron chi connectivity index (χ4n) is 1.70. The van der Waals surface area contributed by atoms with Crippen molar-refractivity contribution in [3.05, 3.63) is 35.4 Å². The maximum atomic E-state index is 13.4. The Kier molecular flexibility index (Phi) is 5.81. The van der Waals surface area contributed by atoms with Gasteiger partial charge >= 0.3 is 0 Å². The summed E-state index contributed by atoms with van der Waals surface area (Å²) in [6.45, 7) is 5.88. The maximum Gasteiger partial charge on any atom is 0.254 e. The number of rotatable bonds is 5. The van der Waals surface area contributed by atoms with Gasteiger partial charge < -0.3 is 10.6 Å². The Hall–Kier alpha value is -1.98. The lowest BCUT2D eigenvalue weighted by molar-refractivity contribution is -0.122. The van der Waals surface area contributed by atoms with E-state index in [-0.39, 0.29) is 30.0 Å². The van der Waals surface area contributed by atoms with E-state index in [0.29, 0.717) is 12.5 Å². The van der Waals surface area contributed by atoms with Gasteiger partial charge in [0.2, 0.25) is 5.91 Å². The topological polar surface area (TPSA) is 58.2 Å². The number of hydrogen-bond acceptors (Lipinski definition) is 2. The van der Waals surface area contributed by atoms with Gasteiger partial charge in [-0.15, -0.1) is 0 Å². The molecule has 2 amide bonds. The average Bonchev–Trinajstić information content (AvgIpc) is 2.32. The highest BCUT2D eigenvalue weighted by molar-refractivity contribution is 5.94. The number of hydrogen-bond donors (Lipinski definition) is 2. The normalized spacial score (nSPS) is 11.1. The van der Waals surface area contributed by atoms with E-state index in [4.69, 9.17) is 0 Å². The fourth-order valence-corrected chi connectivity index (χ4v) is 1.70. The third-order valence-corrected chi connectivity index (χ3v) is 2.56. The van der Waals surface area contributed by atoms with Gasteiger partial charge in [-0.2, -0.15) is 0 Å². The lowest BCUT2D eigenvalue weighted by Crippen LogP contribution is -2.40. The smallest absolute Gasteiger partial charge is 0.254 e. The summed E-state index contributed by atoms with van der Waals surface area (Å²) in [5.41, 5.74) is -0.507. The molecule has 0 aliphatic carbocycles. The summed E-state index contributed by atoms with van der Waals surface area (Å²) in [6.07, 6.45) is 0.708. The minimum Gasteiger partial charge on any atom is -0.352 e. The highest BCUT2D eigenvalue weighted by Crippen LogP contribution is 2.09. The molecular formula is C15H20F2N2O2. The van der Waals surface area contributed by atoms with Crippen LogP contribution in [-0.4, -0.2) is 23.9 Å². The van der Waals surface area contributed by atoms with Crippen LogP contribution in [0, 0.1) is 11.6 Å². The van der Waals surface area contributed by atoms with Crippen molar-refractivity contribution in [1.29, 1.82) is 0 Å². The van der Waals surface area contributed by atoms with Gasteiger partial charge in [0.1, 0.15) is 11.6 Å². The SMILES string of the molecule is CC(C)(C)NC(=O)CCCNC(=O)c1ccc(F)cc1F. The highest BCUT2D eigenvalue weighted by Gasteiger charge is 2.14. The van der Waals surface area contributed by atoms with Crippen molar-refractivity contribution >= 4 is 11.8 Å². The molecule has 1 rings (SSSR count). The molecule has 1 aromatic rings. The van der Waals surface area contributed by atoms with Crippen molar-refractivity contribution in [2.45, 2.75) is 39.2 Å². The predicted octanol–water partition coefficient (Wildman–Crippen LogP) is 2.39. The van der Waals surface area contributed by atoms with E-state index in [0.717, 1.165) is 12.1 Å². The Morgan fingerprint density at radius 3 is 2.43 bits per heavy atom. The minimum absolute atomic E-state index is 0.107. The maximum absolute atomic E-state index is 13.4. The molecule has 0 aromatic heterocycles. The zero-order chi connectivity index (χ0) is 16.0. The van der Waals surface area contributed by atoms with Crippen molar-refractivity contribution in [1.82, 2.24) is 10.6 Å². The third kappa shape index (κ3) is 6.33. The molecule has 21 heavy (non-hydrogen) atoms. The van der Waals surface area contributed by atoms with Crippen LogP contribution < -0.4 is 10.6 Å². The molecule has 116 valence electrons. The number of halogens is 2. The first-order valence-corrected chi connectivity index (χ1v) is 6.73. The van der Waals surface area contributed by atoms with Crippen LogP contribution in [0.5, 0.6) is 0 Å². The van der Waals surface area contributed by atoms with Crippen LogP contribution in [0.25, 0.3) is 0 Å². The Bertz CT molecular complexity index is 525. The molecule has 0 aliphatic heterocycles. The van der Waals surface area contributed by atoms with Crippen molar-refractivity contribution in [2.75, 3.05) is 6.54 Å². The number of nitrogens with one attached hydrogen (secondary N) is 2. The Morgan fingerprint density at radius 2 is 1.86 bits per heavy atom. The summed E-state index contributed by atoms with van der Waals surface area (Å²) >= 11 is 0. The van der Waals surface area contributed by atoms with E-state index >= 15 is 0 Å². The van der Waals surface area contributed by atoms with E-state index in [2.05, 4.69) is 10.6 Å². The Labute approximate surface area is 122 Å². The second-order valence-electron chi connectivity index (χ2n) is 5.78. The summed E-state index contributed by atoms with van der Waals surface area (Å²) < 4.78 is 26.1. The quantitative estimate of drug-likeness (QED) is 0.820. The first-order chi connectivity index (χ1) is 9.69. The first kappa shape index (κ1) is 17.1. The molecule has 6 heteroatoms. The van der Waals surface area contributed by atoms with Crippen LogP contribution in [0.2, 0.25) is 0 Å². The predicted molar refractivity (Wildman–Crippen MR) is 75.8 cm³/mol. The second kappa shape index (κ2) is 7.15. The molecule has 0 atom stereocenters. The van der Waals surface area contributed by atoms with Crippen molar-refractivity contribution in [3.63, 3.8) is 0 Å². The van der Waals surface area contributed by atoms with Crippen molar-refractivity contribution in [2.24, 2.45) is 0 Å². The first-order valence-electron chi connectivity index (χ1n) is 6.73. The summed E-state index contributed by atoms with van der Waals surface area (Å²) in [6, 6.07) is 2.77. The molecule has 0 bridgehead atoms. The van der Waals surface area contributed by atoms with Gasteiger partial charge in [0.15, 0.2) is 0 Å². The van der Waals surface area contributed by atoms with Crippen LogP contribution in [0.3, 0.4) is 0 Å². The lowest BCUT2D eigenvalue weighted by atomic mass is 10.1.